The Morgan fingerprint density at radius 3 is 2.57 bits per heavy atom. The van der Waals surface area contributed by atoms with Crippen molar-refractivity contribution in [3.63, 3.8) is 0 Å². The molecule has 30 heavy (non-hydrogen) atoms. The molecule has 3 N–H and O–H groups in total. The van der Waals surface area contributed by atoms with E-state index in [0.717, 1.165) is 17.3 Å². The van der Waals surface area contributed by atoms with Crippen LogP contribution in [0.2, 0.25) is 5.02 Å². The highest BCUT2D eigenvalue weighted by molar-refractivity contribution is 6.31. The number of rotatable bonds is 3. The van der Waals surface area contributed by atoms with E-state index in [1.807, 2.05) is 6.07 Å². The Labute approximate surface area is 174 Å². The normalized spacial score (nSPS) is 15.6. The zero-order chi connectivity index (χ0) is 21.3. The lowest BCUT2D eigenvalue weighted by Crippen LogP contribution is -2.24. The Morgan fingerprint density at radius 2 is 1.93 bits per heavy atom. The van der Waals surface area contributed by atoms with E-state index in [2.05, 4.69) is 0 Å². The number of carboxylic acid groups (broad SMARTS) is 1. The fraction of sp³-hybridized carbons (Fsp3) is 0.238. The Hall–Kier alpha value is -3.13. The second-order valence-corrected chi connectivity index (χ2v) is 8.07. The fourth-order valence-corrected chi connectivity index (χ4v) is 4.42. The van der Waals surface area contributed by atoms with Crippen molar-refractivity contribution >= 4 is 39.8 Å². The van der Waals surface area contributed by atoms with Crippen LogP contribution in [0.4, 0.5) is 20.2 Å². The number of hydrogen-bond donors (Lipinski definition) is 2. The van der Waals surface area contributed by atoms with Crippen LogP contribution in [-0.4, -0.2) is 15.6 Å². The Bertz CT molecular complexity index is 1320. The van der Waals surface area contributed by atoms with Crippen molar-refractivity contribution < 1.29 is 18.7 Å². The SMILES string of the molecule is Nc1c(F)c(N2Cc3cccc(Cl)c3C2)c(F)c2c1c(=O)c(C(=O)O)cn2C1CC1. The maximum atomic E-state index is 15.8. The van der Waals surface area contributed by atoms with Crippen molar-refractivity contribution in [2.75, 3.05) is 10.6 Å². The summed E-state index contributed by atoms with van der Waals surface area (Å²) in [6, 6.07) is 5.15. The number of carboxylic acids is 1. The van der Waals surface area contributed by atoms with Crippen LogP contribution in [0.25, 0.3) is 10.9 Å². The third-order valence-electron chi connectivity index (χ3n) is 5.78. The van der Waals surface area contributed by atoms with Gasteiger partial charge in [-0.1, -0.05) is 23.7 Å². The van der Waals surface area contributed by atoms with Crippen molar-refractivity contribution in [1.29, 1.82) is 0 Å². The molecule has 1 saturated carbocycles. The number of pyridine rings is 1. The Kier molecular flexibility index (Phi) is 4.05. The van der Waals surface area contributed by atoms with Gasteiger partial charge in [0.1, 0.15) is 11.3 Å². The summed E-state index contributed by atoms with van der Waals surface area (Å²) in [5, 5.41) is 9.44. The molecule has 0 unspecified atom stereocenters. The van der Waals surface area contributed by atoms with Gasteiger partial charge in [0, 0.05) is 30.4 Å². The molecule has 154 valence electrons. The van der Waals surface area contributed by atoms with Crippen molar-refractivity contribution in [3.05, 3.63) is 68.0 Å². The van der Waals surface area contributed by atoms with E-state index in [1.54, 1.807) is 12.1 Å². The largest absolute Gasteiger partial charge is 0.477 e. The number of nitrogens with two attached hydrogens (primary N) is 1. The molecule has 2 aliphatic rings. The lowest BCUT2D eigenvalue weighted by molar-refractivity contribution is 0.0695. The van der Waals surface area contributed by atoms with Gasteiger partial charge in [-0.15, -0.1) is 0 Å². The molecule has 1 aliphatic carbocycles. The number of aromatic nitrogens is 1. The molecule has 1 aliphatic heterocycles. The van der Waals surface area contributed by atoms with Gasteiger partial charge in [-0.05, 0) is 30.0 Å². The second-order valence-electron chi connectivity index (χ2n) is 7.66. The molecular weight excluding hydrogens is 416 g/mol. The number of nitrogens with zero attached hydrogens (tertiary/aromatic N) is 2. The number of aromatic carboxylic acids is 1. The molecule has 0 bridgehead atoms. The average molecular weight is 432 g/mol. The number of fused-ring (bicyclic) bond motifs is 2. The molecular formula is C21H16ClF2N3O3. The number of hydrogen-bond acceptors (Lipinski definition) is 4. The van der Waals surface area contributed by atoms with Gasteiger partial charge >= 0.3 is 5.97 Å². The van der Waals surface area contributed by atoms with Gasteiger partial charge in [0.15, 0.2) is 11.6 Å². The van der Waals surface area contributed by atoms with E-state index in [0.29, 0.717) is 17.9 Å². The summed E-state index contributed by atoms with van der Waals surface area (Å²) >= 11 is 6.23. The van der Waals surface area contributed by atoms with Crippen LogP contribution < -0.4 is 16.1 Å². The average Bonchev–Trinajstić information content (AvgIpc) is 3.45. The molecule has 2 aromatic carbocycles. The number of halogens is 3. The smallest absolute Gasteiger partial charge is 0.341 e. The maximum absolute atomic E-state index is 15.8. The minimum atomic E-state index is -1.47. The fourth-order valence-electron chi connectivity index (χ4n) is 4.16. The molecule has 9 heteroatoms. The zero-order valence-electron chi connectivity index (χ0n) is 15.6. The summed E-state index contributed by atoms with van der Waals surface area (Å²) in [4.78, 5) is 25.7. The van der Waals surface area contributed by atoms with E-state index in [4.69, 9.17) is 17.3 Å². The van der Waals surface area contributed by atoms with Crippen LogP contribution in [0.15, 0.2) is 29.2 Å². The molecule has 3 aromatic rings. The predicted molar refractivity (Wildman–Crippen MR) is 109 cm³/mol. The predicted octanol–water partition coefficient (Wildman–Crippen LogP) is 4.07. The molecule has 6 nitrogen and oxygen atoms in total. The van der Waals surface area contributed by atoms with Crippen LogP contribution >= 0.6 is 11.6 Å². The summed E-state index contributed by atoms with van der Waals surface area (Å²) < 4.78 is 32.5. The molecule has 0 saturated heterocycles. The van der Waals surface area contributed by atoms with Gasteiger partial charge < -0.3 is 20.3 Å². The number of carbonyl (C=O) groups is 1. The molecule has 0 amide bonds. The number of anilines is 2. The zero-order valence-corrected chi connectivity index (χ0v) is 16.3. The van der Waals surface area contributed by atoms with Crippen molar-refractivity contribution in [2.24, 2.45) is 0 Å². The first-order valence-corrected chi connectivity index (χ1v) is 9.77. The van der Waals surface area contributed by atoms with Gasteiger partial charge in [-0.25, -0.2) is 13.6 Å². The molecule has 5 rings (SSSR count). The summed E-state index contributed by atoms with van der Waals surface area (Å²) in [7, 11) is 0. The van der Waals surface area contributed by atoms with Crippen LogP contribution in [0.3, 0.4) is 0 Å². The van der Waals surface area contributed by atoms with Crippen molar-refractivity contribution in [3.8, 4) is 0 Å². The molecule has 0 spiro atoms. The highest BCUT2D eigenvalue weighted by Gasteiger charge is 2.34. The quantitative estimate of drug-likeness (QED) is 0.610. The van der Waals surface area contributed by atoms with Gasteiger partial charge in [0.25, 0.3) is 0 Å². The third-order valence-corrected chi connectivity index (χ3v) is 6.13. The second kappa shape index (κ2) is 6.43. The van der Waals surface area contributed by atoms with Gasteiger partial charge in [-0.2, -0.15) is 0 Å². The molecule has 1 aromatic heterocycles. The first-order valence-electron chi connectivity index (χ1n) is 9.39. The maximum Gasteiger partial charge on any atom is 0.341 e. The lowest BCUT2D eigenvalue weighted by Gasteiger charge is -2.23. The number of benzene rings is 2. The van der Waals surface area contributed by atoms with Crippen LogP contribution in [-0.2, 0) is 13.1 Å². The van der Waals surface area contributed by atoms with E-state index >= 15 is 8.78 Å². The van der Waals surface area contributed by atoms with E-state index in [-0.39, 0.29) is 30.3 Å². The summed E-state index contributed by atoms with van der Waals surface area (Å²) in [6.45, 7) is 0.421. The third kappa shape index (κ3) is 2.60. The summed E-state index contributed by atoms with van der Waals surface area (Å²) in [6.07, 6.45) is 2.53. The molecule has 1 fully saturated rings. The van der Waals surface area contributed by atoms with Crippen LogP contribution in [0, 0.1) is 11.6 Å². The van der Waals surface area contributed by atoms with Crippen LogP contribution in [0.5, 0.6) is 0 Å². The monoisotopic (exact) mass is 431 g/mol. The summed E-state index contributed by atoms with van der Waals surface area (Å²) in [5.41, 5.74) is 4.96. The first kappa shape index (κ1) is 18.9. The van der Waals surface area contributed by atoms with E-state index < -0.39 is 39.7 Å². The Morgan fingerprint density at radius 1 is 1.20 bits per heavy atom. The number of nitrogen functional groups attached to an aromatic ring is 1. The van der Waals surface area contributed by atoms with Crippen molar-refractivity contribution in [2.45, 2.75) is 32.0 Å². The minimum absolute atomic E-state index is 0.163. The van der Waals surface area contributed by atoms with E-state index in [1.165, 1.54) is 9.47 Å². The molecule has 0 atom stereocenters. The highest BCUT2D eigenvalue weighted by atomic mass is 35.5. The van der Waals surface area contributed by atoms with Crippen LogP contribution in [0.1, 0.15) is 40.4 Å². The highest BCUT2D eigenvalue weighted by Crippen LogP contribution is 2.43. The van der Waals surface area contributed by atoms with Gasteiger partial charge in [0.2, 0.25) is 5.43 Å². The molecule has 0 radical (unpaired) electrons. The standard InChI is InChI=1S/C21H16ClF2N3O3/c22-13-3-1-2-9-6-26(7-11(9)13)19-15(23)17(25)14-18(16(19)24)27(10-4-5-10)8-12(20(14)28)21(29)30/h1-3,8,10H,4-7,25H2,(H,29,30). The molecule has 2 heterocycles. The summed E-state index contributed by atoms with van der Waals surface area (Å²) in [5.74, 6) is -3.47. The topological polar surface area (TPSA) is 88.6 Å². The van der Waals surface area contributed by atoms with E-state index in [9.17, 15) is 14.7 Å². The minimum Gasteiger partial charge on any atom is -0.477 e. The van der Waals surface area contributed by atoms with Crippen molar-refractivity contribution in [1.82, 2.24) is 4.57 Å². The lowest BCUT2D eigenvalue weighted by atomic mass is 10.1. The Balaban J connectivity index is 1.79. The van der Waals surface area contributed by atoms with Gasteiger partial charge in [0.05, 0.1) is 16.6 Å². The first-order chi connectivity index (χ1) is 14.3. The van der Waals surface area contributed by atoms with Gasteiger partial charge in [-0.3, -0.25) is 4.79 Å².